The molecule has 1 aromatic heterocycles. The first-order chi connectivity index (χ1) is 6.15. The maximum absolute atomic E-state index is 11.5. The number of nitrogens with zero attached hydrogens (tertiary/aromatic N) is 1. The highest BCUT2D eigenvalue weighted by Gasteiger charge is 2.08. The van der Waals surface area contributed by atoms with Crippen LogP contribution in [0.2, 0.25) is 0 Å². The molecule has 0 saturated carbocycles. The summed E-state index contributed by atoms with van der Waals surface area (Å²) in [6.45, 7) is 2.71. The molecule has 4 nitrogen and oxygen atoms in total. The molecule has 0 spiro atoms. The third-order valence-corrected chi connectivity index (χ3v) is 1.79. The number of aryl methyl sites for hydroxylation is 1. The Morgan fingerprint density at radius 1 is 1.69 bits per heavy atom. The second-order valence-corrected chi connectivity index (χ2v) is 3.03. The van der Waals surface area contributed by atoms with Gasteiger partial charge in [-0.3, -0.25) is 4.79 Å². The van der Waals surface area contributed by atoms with E-state index in [1.807, 2.05) is 6.92 Å². The van der Waals surface area contributed by atoms with Crippen molar-refractivity contribution in [1.29, 1.82) is 0 Å². The third-order valence-electron chi connectivity index (χ3n) is 1.79. The monoisotopic (exact) mass is 181 g/mol. The molecule has 0 aliphatic carbocycles. The first-order valence-electron chi connectivity index (χ1n) is 4.35. The fraction of sp³-hybridized carbons (Fsp3) is 0.444. The fourth-order valence-electron chi connectivity index (χ4n) is 1.14. The number of hydrogen-bond donors (Lipinski definition) is 2. The van der Waals surface area contributed by atoms with Crippen LogP contribution in [0.3, 0.4) is 0 Å². The van der Waals surface area contributed by atoms with Crippen LogP contribution in [0.5, 0.6) is 0 Å². The number of amides is 1. The third kappa shape index (κ3) is 2.24. The molecule has 0 fully saturated rings. The van der Waals surface area contributed by atoms with Gasteiger partial charge >= 0.3 is 0 Å². The number of anilines is 1. The molecule has 4 heteroatoms. The van der Waals surface area contributed by atoms with Gasteiger partial charge in [-0.15, -0.1) is 0 Å². The van der Waals surface area contributed by atoms with Crippen LogP contribution in [-0.2, 0) is 7.05 Å². The lowest BCUT2D eigenvalue weighted by atomic mass is 10.3. The lowest BCUT2D eigenvalue weighted by Crippen LogP contribution is -2.25. The zero-order valence-corrected chi connectivity index (χ0v) is 8.00. The molecule has 1 heterocycles. The van der Waals surface area contributed by atoms with Gasteiger partial charge in [0.1, 0.15) is 5.69 Å². The van der Waals surface area contributed by atoms with E-state index < -0.39 is 0 Å². The Bertz CT molecular complexity index is 304. The molecular formula is C9H15N3O. The SMILES string of the molecule is CCCNC(=O)c1cc(N)cn1C. The van der Waals surface area contributed by atoms with Crippen LogP contribution in [0.25, 0.3) is 0 Å². The maximum Gasteiger partial charge on any atom is 0.267 e. The molecule has 0 aliphatic heterocycles. The van der Waals surface area contributed by atoms with E-state index in [0.717, 1.165) is 6.42 Å². The number of aromatic nitrogens is 1. The van der Waals surface area contributed by atoms with Crippen molar-refractivity contribution >= 4 is 11.6 Å². The number of rotatable bonds is 3. The molecule has 72 valence electrons. The summed E-state index contributed by atoms with van der Waals surface area (Å²) in [7, 11) is 1.80. The molecule has 1 amide bonds. The summed E-state index contributed by atoms with van der Waals surface area (Å²) in [4.78, 5) is 11.5. The van der Waals surface area contributed by atoms with Gasteiger partial charge in [-0.1, -0.05) is 6.92 Å². The van der Waals surface area contributed by atoms with Crippen LogP contribution >= 0.6 is 0 Å². The summed E-state index contributed by atoms with van der Waals surface area (Å²) in [6.07, 6.45) is 2.66. The maximum atomic E-state index is 11.5. The molecule has 0 saturated heterocycles. The highest BCUT2D eigenvalue weighted by atomic mass is 16.1. The predicted octanol–water partition coefficient (Wildman–Crippen LogP) is 0.747. The number of carbonyl (C=O) groups is 1. The first kappa shape index (κ1) is 9.64. The minimum absolute atomic E-state index is 0.0685. The van der Waals surface area contributed by atoms with Crippen molar-refractivity contribution in [3.8, 4) is 0 Å². The van der Waals surface area contributed by atoms with E-state index >= 15 is 0 Å². The van der Waals surface area contributed by atoms with Crippen molar-refractivity contribution in [2.45, 2.75) is 13.3 Å². The molecule has 0 atom stereocenters. The molecule has 1 rings (SSSR count). The van der Waals surface area contributed by atoms with E-state index in [9.17, 15) is 4.79 Å². The minimum atomic E-state index is -0.0685. The molecule has 0 aromatic carbocycles. The Kier molecular flexibility index (Phi) is 2.95. The Balaban J connectivity index is 2.70. The van der Waals surface area contributed by atoms with Crippen molar-refractivity contribution in [3.05, 3.63) is 18.0 Å². The molecule has 0 radical (unpaired) electrons. The first-order valence-corrected chi connectivity index (χ1v) is 4.35. The zero-order chi connectivity index (χ0) is 9.84. The van der Waals surface area contributed by atoms with Gasteiger partial charge in [0.05, 0.1) is 5.69 Å². The van der Waals surface area contributed by atoms with Crippen LogP contribution in [0.1, 0.15) is 23.8 Å². The van der Waals surface area contributed by atoms with Crippen molar-refractivity contribution in [2.75, 3.05) is 12.3 Å². The number of hydrogen-bond acceptors (Lipinski definition) is 2. The highest BCUT2D eigenvalue weighted by Crippen LogP contribution is 2.07. The number of carbonyl (C=O) groups excluding carboxylic acids is 1. The molecule has 0 bridgehead atoms. The normalized spacial score (nSPS) is 10.0. The summed E-state index contributed by atoms with van der Waals surface area (Å²) in [5.74, 6) is -0.0685. The van der Waals surface area contributed by atoms with Gasteiger partial charge in [-0.25, -0.2) is 0 Å². The van der Waals surface area contributed by atoms with Crippen molar-refractivity contribution in [3.63, 3.8) is 0 Å². The lowest BCUT2D eigenvalue weighted by molar-refractivity contribution is 0.0945. The zero-order valence-electron chi connectivity index (χ0n) is 8.00. The van der Waals surface area contributed by atoms with Crippen LogP contribution < -0.4 is 11.1 Å². The summed E-state index contributed by atoms with van der Waals surface area (Å²) in [5, 5.41) is 2.79. The second kappa shape index (κ2) is 3.98. The van der Waals surface area contributed by atoms with Crippen molar-refractivity contribution in [1.82, 2.24) is 9.88 Å². The molecule has 13 heavy (non-hydrogen) atoms. The number of nitrogens with one attached hydrogen (secondary N) is 1. The smallest absolute Gasteiger partial charge is 0.267 e. The molecule has 3 N–H and O–H groups in total. The van der Waals surface area contributed by atoms with Gasteiger partial charge in [0.2, 0.25) is 0 Å². The van der Waals surface area contributed by atoms with Crippen LogP contribution in [-0.4, -0.2) is 17.0 Å². The van der Waals surface area contributed by atoms with Crippen LogP contribution in [0.4, 0.5) is 5.69 Å². The van der Waals surface area contributed by atoms with Crippen molar-refractivity contribution in [2.24, 2.45) is 7.05 Å². The van der Waals surface area contributed by atoms with Gasteiger partial charge in [-0.05, 0) is 12.5 Å². The fourth-order valence-corrected chi connectivity index (χ4v) is 1.14. The van der Waals surface area contributed by atoms with Gasteiger partial charge in [0.25, 0.3) is 5.91 Å². The van der Waals surface area contributed by atoms with Crippen LogP contribution in [0.15, 0.2) is 12.3 Å². The van der Waals surface area contributed by atoms with Gasteiger partial charge in [-0.2, -0.15) is 0 Å². The largest absolute Gasteiger partial charge is 0.397 e. The van der Waals surface area contributed by atoms with E-state index in [1.165, 1.54) is 0 Å². The summed E-state index contributed by atoms with van der Waals surface area (Å²) in [6, 6.07) is 1.67. The van der Waals surface area contributed by atoms with E-state index in [1.54, 1.807) is 23.9 Å². The quantitative estimate of drug-likeness (QED) is 0.722. The molecular weight excluding hydrogens is 166 g/mol. The Labute approximate surface area is 77.7 Å². The average molecular weight is 181 g/mol. The molecule has 0 aliphatic rings. The Hall–Kier alpha value is -1.45. The van der Waals surface area contributed by atoms with E-state index in [0.29, 0.717) is 17.9 Å². The molecule has 0 unspecified atom stereocenters. The highest BCUT2D eigenvalue weighted by molar-refractivity contribution is 5.93. The average Bonchev–Trinajstić information content (AvgIpc) is 2.41. The standard InChI is InChI=1S/C9H15N3O/c1-3-4-11-9(13)8-5-7(10)6-12(8)2/h5-6H,3-4,10H2,1-2H3,(H,11,13). The van der Waals surface area contributed by atoms with E-state index in [4.69, 9.17) is 5.73 Å². The minimum Gasteiger partial charge on any atom is -0.397 e. The van der Waals surface area contributed by atoms with Gasteiger partial charge in [0.15, 0.2) is 0 Å². The van der Waals surface area contributed by atoms with E-state index in [2.05, 4.69) is 5.32 Å². The summed E-state index contributed by atoms with van der Waals surface area (Å²) < 4.78 is 1.72. The van der Waals surface area contributed by atoms with Gasteiger partial charge in [0, 0.05) is 19.8 Å². The second-order valence-electron chi connectivity index (χ2n) is 3.03. The molecule has 1 aromatic rings. The number of nitrogens with two attached hydrogens (primary N) is 1. The Morgan fingerprint density at radius 3 is 2.85 bits per heavy atom. The lowest BCUT2D eigenvalue weighted by Gasteiger charge is -2.03. The summed E-state index contributed by atoms with van der Waals surface area (Å²) in [5.41, 5.74) is 6.76. The summed E-state index contributed by atoms with van der Waals surface area (Å²) >= 11 is 0. The Morgan fingerprint density at radius 2 is 2.38 bits per heavy atom. The predicted molar refractivity (Wildman–Crippen MR) is 52.4 cm³/mol. The number of nitrogen functional groups attached to an aromatic ring is 1. The van der Waals surface area contributed by atoms with Gasteiger partial charge < -0.3 is 15.6 Å². The van der Waals surface area contributed by atoms with E-state index in [-0.39, 0.29) is 5.91 Å². The van der Waals surface area contributed by atoms with Crippen molar-refractivity contribution < 1.29 is 4.79 Å². The topological polar surface area (TPSA) is 60.1 Å². The van der Waals surface area contributed by atoms with Crippen LogP contribution in [0, 0.1) is 0 Å².